The zero-order valence-corrected chi connectivity index (χ0v) is 10.5. The van der Waals surface area contributed by atoms with E-state index in [1.807, 2.05) is 0 Å². The van der Waals surface area contributed by atoms with E-state index in [9.17, 15) is 0 Å². The van der Waals surface area contributed by atoms with Crippen LogP contribution in [0.5, 0.6) is 0 Å². The summed E-state index contributed by atoms with van der Waals surface area (Å²) in [5.74, 6) is 8.83. The maximum absolute atomic E-state index is 4.01. The van der Waals surface area contributed by atoms with Gasteiger partial charge >= 0.3 is 0 Å². The molecule has 6 bridgehead atoms. The Bertz CT molecular complexity index is 294. The molecule has 0 aromatic rings. The van der Waals surface area contributed by atoms with Crippen molar-refractivity contribution in [3.8, 4) is 0 Å². The van der Waals surface area contributed by atoms with E-state index in [2.05, 4.69) is 31.9 Å². The van der Waals surface area contributed by atoms with Crippen LogP contribution < -0.4 is 0 Å². The van der Waals surface area contributed by atoms with Crippen molar-refractivity contribution in [1.82, 2.24) is 0 Å². The predicted molar refractivity (Wildman–Crippen MR) is 57.7 cm³/mol. The van der Waals surface area contributed by atoms with Crippen LogP contribution >= 0.6 is 31.9 Å². The minimum Gasteiger partial charge on any atom is -0.0721 e. The normalized spacial score (nSPS) is 78.0. The van der Waals surface area contributed by atoms with Gasteiger partial charge in [0.2, 0.25) is 0 Å². The Morgan fingerprint density at radius 1 is 0.769 bits per heavy atom. The van der Waals surface area contributed by atoms with E-state index in [1.165, 1.54) is 11.8 Å². The molecule has 0 saturated heterocycles. The van der Waals surface area contributed by atoms with Gasteiger partial charge in [0.25, 0.3) is 0 Å². The van der Waals surface area contributed by atoms with Gasteiger partial charge in [-0.2, -0.15) is 0 Å². The number of hydrogen-bond acceptors (Lipinski definition) is 0. The smallest absolute Gasteiger partial charge is 0.0721 e. The molecule has 0 aromatic heterocycles. The number of alkyl halides is 2. The van der Waals surface area contributed by atoms with Gasteiger partial charge in [0.1, 0.15) is 0 Å². The van der Waals surface area contributed by atoms with Gasteiger partial charge in [-0.15, -0.1) is 0 Å². The first-order chi connectivity index (χ1) is 6.21. The fraction of sp³-hybridized carbons (Fsp3) is 1.00. The molecule has 0 heterocycles. The average Bonchev–Trinajstić information content (AvgIpc) is 2.71. The Morgan fingerprint density at radius 2 is 1.23 bits per heavy atom. The van der Waals surface area contributed by atoms with Crippen molar-refractivity contribution in [2.75, 3.05) is 0 Å². The Morgan fingerprint density at radius 3 is 1.69 bits per heavy atom. The third kappa shape index (κ3) is 0.480. The van der Waals surface area contributed by atoms with E-state index in [1.54, 1.807) is 12.8 Å². The lowest BCUT2D eigenvalue weighted by molar-refractivity contribution is 0.132. The zero-order valence-electron chi connectivity index (χ0n) is 7.29. The predicted octanol–water partition coefficient (Wildman–Crippen LogP) is 3.25. The molecule has 6 saturated carbocycles. The molecule has 13 heavy (non-hydrogen) atoms. The van der Waals surface area contributed by atoms with Crippen LogP contribution in [0.1, 0.15) is 12.8 Å². The van der Waals surface area contributed by atoms with Gasteiger partial charge < -0.3 is 0 Å². The Hall–Kier alpha value is 0.960. The molecule has 6 aliphatic rings. The van der Waals surface area contributed by atoms with E-state index in [0.29, 0.717) is 3.23 Å². The van der Waals surface area contributed by atoms with Crippen molar-refractivity contribution in [2.45, 2.75) is 16.1 Å². The lowest BCUT2D eigenvalue weighted by Crippen LogP contribution is -2.30. The van der Waals surface area contributed by atoms with Crippen LogP contribution in [0.15, 0.2) is 0 Å². The van der Waals surface area contributed by atoms with Gasteiger partial charge in [-0.3, -0.25) is 0 Å². The monoisotopic (exact) mass is 302 g/mol. The lowest BCUT2D eigenvalue weighted by atomic mass is 9.71. The fourth-order valence-electron chi connectivity index (χ4n) is 6.53. The maximum atomic E-state index is 4.01. The fourth-order valence-corrected chi connectivity index (χ4v) is 9.11. The minimum absolute atomic E-state index is 0.380. The summed E-state index contributed by atoms with van der Waals surface area (Å²) in [6.07, 6.45) is 3.19. The molecule has 6 aliphatic carbocycles. The number of halogens is 2. The summed E-state index contributed by atoms with van der Waals surface area (Å²) < 4.78 is 0.380. The van der Waals surface area contributed by atoms with Gasteiger partial charge in [0.15, 0.2) is 0 Å². The summed E-state index contributed by atoms with van der Waals surface area (Å²) in [4.78, 5) is 0. The number of hydrogen-bond donors (Lipinski definition) is 0. The molecular formula is C11H12Br2. The Labute approximate surface area is 95.1 Å². The molecular weight excluding hydrogens is 292 g/mol. The van der Waals surface area contributed by atoms with Crippen LogP contribution in [-0.4, -0.2) is 3.23 Å². The first kappa shape index (κ1) is 7.27. The average molecular weight is 304 g/mol. The highest BCUT2D eigenvalue weighted by atomic mass is 79.9. The highest BCUT2D eigenvalue weighted by Gasteiger charge is 2.83. The van der Waals surface area contributed by atoms with Crippen LogP contribution in [-0.2, 0) is 0 Å². The third-order valence-electron chi connectivity index (χ3n) is 6.26. The van der Waals surface area contributed by atoms with Gasteiger partial charge in [-0.05, 0) is 60.2 Å². The molecule has 70 valence electrons. The molecule has 2 heteroatoms. The van der Waals surface area contributed by atoms with Crippen molar-refractivity contribution < 1.29 is 0 Å². The van der Waals surface area contributed by atoms with E-state index in [0.717, 1.165) is 35.5 Å². The standard InChI is InChI=1S/C11H12Br2/c12-11(13)9-5-1-3-4-2-6(7(3)9)10(11)8(4)5/h3-10H,1-2H2/t3-,4+,5-,6+,7-,8+,9-,10-/m1/s1. The van der Waals surface area contributed by atoms with Crippen molar-refractivity contribution in [1.29, 1.82) is 0 Å². The molecule has 0 aromatic carbocycles. The van der Waals surface area contributed by atoms with Gasteiger partial charge in [-0.25, -0.2) is 0 Å². The summed E-state index contributed by atoms with van der Waals surface area (Å²) in [6.45, 7) is 0. The summed E-state index contributed by atoms with van der Waals surface area (Å²) in [5, 5.41) is 0. The van der Waals surface area contributed by atoms with E-state index in [-0.39, 0.29) is 0 Å². The molecule has 8 atom stereocenters. The van der Waals surface area contributed by atoms with E-state index >= 15 is 0 Å². The summed E-state index contributed by atoms with van der Waals surface area (Å²) in [5.41, 5.74) is 0. The SMILES string of the molecule is BrC1(Br)[C@@H]2[C@@H]3C[C@@H]4[C@@H]5C[C@@H]([C@@H]42)[C@@H]1[C@H]35. The van der Waals surface area contributed by atoms with E-state index in [4.69, 9.17) is 0 Å². The molecule has 0 aliphatic heterocycles. The van der Waals surface area contributed by atoms with Crippen LogP contribution in [0, 0.1) is 47.3 Å². The van der Waals surface area contributed by atoms with Crippen LogP contribution in [0.2, 0.25) is 0 Å². The van der Waals surface area contributed by atoms with Gasteiger partial charge in [0, 0.05) is 0 Å². The molecule has 0 N–H and O–H groups in total. The molecule has 0 amide bonds. The van der Waals surface area contributed by atoms with Gasteiger partial charge in [-0.1, -0.05) is 31.9 Å². The van der Waals surface area contributed by atoms with Crippen LogP contribution in [0.3, 0.4) is 0 Å². The van der Waals surface area contributed by atoms with Crippen molar-refractivity contribution in [2.24, 2.45) is 47.3 Å². The highest BCUT2D eigenvalue weighted by Crippen LogP contribution is 2.87. The Balaban J connectivity index is 1.88. The van der Waals surface area contributed by atoms with Crippen molar-refractivity contribution >= 4 is 31.9 Å². The topological polar surface area (TPSA) is 0 Å². The quantitative estimate of drug-likeness (QED) is 0.603. The minimum atomic E-state index is 0.380. The third-order valence-corrected chi connectivity index (χ3v) is 8.37. The summed E-state index contributed by atoms with van der Waals surface area (Å²) in [6, 6.07) is 0. The Kier molecular flexibility index (Phi) is 0.954. The largest absolute Gasteiger partial charge is 0.0872 e. The summed E-state index contributed by atoms with van der Waals surface area (Å²) in [7, 11) is 0. The lowest BCUT2D eigenvalue weighted by Gasteiger charge is -2.33. The van der Waals surface area contributed by atoms with Crippen LogP contribution in [0.25, 0.3) is 0 Å². The molecule has 0 radical (unpaired) electrons. The first-order valence-electron chi connectivity index (χ1n) is 5.59. The first-order valence-corrected chi connectivity index (χ1v) is 7.17. The second-order valence-corrected chi connectivity index (χ2v) is 9.70. The van der Waals surface area contributed by atoms with Gasteiger partial charge in [0.05, 0.1) is 3.23 Å². The second-order valence-electron chi connectivity index (χ2n) is 6.01. The molecule has 6 rings (SSSR count). The second kappa shape index (κ2) is 1.71. The maximum Gasteiger partial charge on any atom is 0.0872 e. The molecule has 6 fully saturated rings. The van der Waals surface area contributed by atoms with Crippen molar-refractivity contribution in [3.05, 3.63) is 0 Å². The highest BCUT2D eigenvalue weighted by molar-refractivity contribution is 9.25. The zero-order chi connectivity index (χ0) is 8.53. The number of rotatable bonds is 0. The molecule has 0 spiro atoms. The van der Waals surface area contributed by atoms with Crippen molar-refractivity contribution in [3.63, 3.8) is 0 Å². The summed E-state index contributed by atoms with van der Waals surface area (Å²) >= 11 is 8.01. The molecule has 0 nitrogen and oxygen atoms in total. The van der Waals surface area contributed by atoms with Crippen LogP contribution in [0.4, 0.5) is 0 Å². The van der Waals surface area contributed by atoms with E-state index < -0.39 is 0 Å². The molecule has 0 unspecified atom stereocenters.